The fourth-order valence-corrected chi connectivity index (χ4v) is 4.08. The third-order valence-electron chi connectivity index (χ3n) is 3.38. The van der Waals surface area contributed by atoms with Crippen LogP contribution in [0.15, 0.2) is 36.4 Å². The summed E-state index contributed by atoms with van der Waals surface area (Å²) in [6.45, 7) is 1.57. The zero-order chi connectivity index (χ0) is 17.3. The Morgan fingerprint density at radius 1 is 1.12 bits per heavy atom. The van der Waals surface area contributed by atoms with E-state index in [1.165, 1.54) is 16.2 Å². The van der Waals surface area contributed by atoms with Gasteiger partial charge in [0.1, 0.15) is 9.88 Å². The zero-order valence-corrected chi connectivity index (χ0v) is 15.1. The zero-order valence-electron chi connectivity index (χ0n) is 13.5. The molecule has 2 aromatic heterocycles. The predicted octanol–water partition coefficient (Wildman–Crippen LogP) is 3.66. The van der Waals surface area contributed by atoms with E-state index < -0.39 is 12.1 Å². The Morgan fingerprint density at radius 3 is 2.58 bits per heavy atom. The minimum Gasteiger partial charge on any atom is -0.448 e. The minimum atomic E-state index is -0.805. The van der Waals surface area contributed by atoms with Crippen LogP contribution in [0.5, 0.6) is 0 Å². The predicted molar refractivity (Wildman–Crippen MR) is 96.5 cm³/mol. The van der Waals surface area contributed by atoms with E-state index in [0.717, 1.165) is 20.1 Å². The van der Waals surface area contributed by atoms with E-state index >= 15 is 0 Å². The molecule has 7 heteroatoms. The number of thiazole rings is 1. The maximum atomic E-state index is 12.2. The quantitative estimate of drug-likeness (QED) is 0.666. The molecule has 0 radical (unpaired) electrons. The lowest BCUT2D eigenvalue weighted by atomic mass is 10.3. The molecule has 0 spiro atoms. The number of hydrogen-bond acceptors (Lipinski definition) is 6. The van der Waals surface area contributed by atoms with Gasteiger partial charge in [-0.2, -0.15) is 0 Å². The van der Waals surface area contributed by atoms with Gasteiger partial charge in [0.05, 0.1) is 15.1 Å². The molecule has 0 saturated heterocycles. The van der Waals surface area contributed by atoms with Crippen LogP contribution in [0.3, 0.4) is 0 Å². The Hall–Kier alpha value is -2.25. The Bertz CT molecular complexity index is 865. The summed E-state index contributed by atoms with van der Waals surface area (Å²) in [5.41, 5.74) is 0.945. The van der Waals surface area contributed by atoms with E-state index in [0.29, 0.717) is 4.88 Å². The molecule has 2 heterocycles. The van der Waals surface area contributed by atoms with Gasteiger partial charge in [-0.15, -0.1) is 22.7 Å². The van der Waals surface area contributed by atoms with Crippen LogP contribution in [0, 0.1) is 0 Å². The number of rotatable bonds is 4. The SMILES string of the molecule is C[C@@H](OC(=O)c1ccc(-c2nc3ccccc3s2)s1)C(=O)N(C)C. The molecule has 0 N–H and O–H groups in total. The molecule has 3 rings (SSSR count). The highest BCUT2D eigenvalue weighted by molar-refractivity contribution is 7.26. The summed E-state index contributed by atoms with van der Waals surface area (Å²) in [6.07, 6.45) is -0.805. The van der Waals surface area contributed by atoms with Crippen molar-refractivity contribution in [3.05, 3.63) is 41.3 Å². The van der Waals surface area contributed by atoms with Crippen LogP contribution in [-0.2, 0) is 9.53 Å². The first-order chi connectivity index (χ1) is 11.5. The second kappa shape index (κ2) is 6.70. The monoisotopic (exact) mass is 360 g/mol. The normalized spacial score (nSPS) is 12.1. The van der Waals surface area contributed by atoms with Gasteiger partial charge >= 0.3 is 5.97 Å². The van der Waals surface area contributed by atoms with Crippen molar-refractivity contribution in [1.82, 2.24) is 9.88 Å². The molecule has 124 valence electrons. The molecule has 0 fully saturated rings. The van der Waals surface area contributed by atoms with Crippen molar-refractivity contribution in [1.29, 1.82) is 0 Å². The Balaban J connectivity index is 1.77. The maximum absolute atomic E-state index is 12.2. The molecule has 0 unspecified atom stereocenters. The van der Waals surface area contributed by atoms with Crippen LogP contribution < -0.4 is 0 Å². The van der Waals surface area contributed by atoms with Gasteiger partial charge in [0.2, 0.25) is 0 Å². The molecular formula is C17H16N2O3S2. The van der Waals surface area contributed by atoms with Crippen LogP contribution in [0.2, 0.25) is 0 Å². The number of hydrogen-bond donors (Lipinski definition) is 0. The molecule has 24 heavy (non-hydrogen) atoms. The number of esters is 1. The average molecular weight is 360 g/mol. The van der Waals surface area contributed by atoms with Gasteiger partial charge in [0, 0.05) is 14.1 Å². The third-order valence-corrected chi connectivity index (χ3v) is 5.66. The van der Waals surface area contributed by atoms with E-state index in [-0.39, 0.29) is 5.91 Å². The van der Waals surface area contributed by atoms with Crippen molar-refractivity contribution >= 4 is 44.8 Å². The van der Waals surface area contributed by atoms with Gasteiger partial charge in [0.25, 0.3) is 5.91 Å². The molecule has 0 bridgehead atoms. The smallest absolute Gasteiger partial charge is 0.349 e. The number of carbonyl (C=O) groups is 2. The molecule has 0 aliphatic rings. The lowest BCUT2D eigenvalue weighted by Crippen LogP contribution is -2.34. The minimum absolute atomic E-state index is 0.244. The van der Waals surface area contributed by atoms with Crippen molar-refractivity contribution in [3.8, 4) is 9.88 Å². The first kappa shape index (κ1) is 16.6. The summed E-state index contributed by atoms with van der Waals surface area (Å²) in [7, 11) is 3.26. The van der Waals surface area contributed by atoms with Gasteiger partial charge in [-0.05, 0) is 31.2 Å². The Morgan fingerprint density at radius 2 is 1.88 bits per heavy atom. The van der Waals surface area contributed by atoms with Crippen molar-refractivity contribution in [2.45, 2.75) is 13.0 Å². The molecule has 5 nitrogen and oxygen atoms in total. The molecule has 0 aliphatic heterocycles. The van der Waals surface area contributed by atoms with Crippen LogP contribution in [0.4, 0.5) is 0 Å². The number of benzene rings is 1. The van der Waals surface area contributed by atoms with E-state index in [4.69, 9.17) is 4.74 Å². The number of nitrogens with zero attached hydrogens (tertiary/aromatic N) is 2. The van der Waals surface area contributed by atoms with Crippen molar-refractivity contribution in [2.24, 2.45) is 0 Å². The number of likely N-dealkylation sites (N-methyl/N-ethyl adjacent to an activating group) is 1. The van der Waals surface area contributed by atoms with Gasteiger partial charge < -0.3 is 9.64 Å². The Labute approximate surface area is 147 Å². The number of amides is 1. The van der Waals surface area contributed by atoms with Crippen LogP contribution >= 0.6 is 22.7 Å². The summed E-state index contributed by atoms with van der Waals surface area (Å²) >= 11 is 2.90. The highest BCUT2D eigenvalue weighted by Gasteiger charge is 2.21. The second-order valence-electron chi connectivity index (χ2n) is 5.43. The largest absolute Gasteiger partial charge is 0.448 e. The Kier molecular flexibility index (Phi) is 4.64. The van der Waals surface area contributed by atoms with Crippen molar-refractivity contribution < 1.29 is 14.3 Å². The van der Waals surface area contributed by atoms with Crippen LogP contribution in [0.1, 0.15) is 16.6 Å². The molecule has 0 aliphatic carbocycles. The highest BCUT2D eigenvalue weighted by Crippen LogP contribution is 2.34. The first-order valence-electron chi connectivity index (χ1n) is 7.33. The molecule has 1 atom stereocenters. The molecular weight excluding hydrogens is 344 g/mol. The van der Waals surface area contributed by atoms with E-state index in [1.54, 1.807) is 38.4 Å². The third kappa shape index (κ3) is 3.32. The molecule has 1 amide bonds. The van der Waals surface area contributed by atoms with Gasteiger partial charge in [-0.1, -0.05) is 12.1 Å². The number of thiophene rings is 1. The summed E-state index contributed by atoms with van der Waals surface area (Å²) in [5, 5.41) is 0.873. The van der Waals surface area contributed by atoms with Gasteiger partial charge in [-0.3, -0.25) is 4.79 Å². The van der Waals surface area contributed by atoms with E-state index in [9.17, 15) is 9.59 Å². The van der Waals surface area contributed by atoms with Crippen LogP contribution in [-0.4, -0.2) is 42.0 Å². The van der Waals surface area contributed by atoms with Gasteiger partial charge in [-0.25, -0.2) is 9.78 Å². The number of fused-ring (bicyclic) bond motifs is 1. The number of ether oxygens (including phenoxy) is 1. The molecule has 1 aromatic carbocycles. The van der Waals surface area contributed by atoms with E-state index in [2.05, 4.69) is 4.98 Å². The fourth-order valence-electron chi connectivity index (χ4n) is 2.17. The summed E-state index contributed by atoms with van der Waals surface area (Å²) in [5.74, 6) is -0.735. The second-order valence-corrected chi connectivity index (χ2v) is 7.55. The fraction of sp³-hybridized carbons (Fsp3) is 0.235. The number of carbonyl (C=O) groups excluding carboxylic acids is 2. The topological polar surface area (TPSA) is 59.5 Å². The lowest BCUT2D eigenvalue weighted by molar-refractivity contribution is -0.137. The van der Waals surface area contributed by atoms with Crippen LogP contribution in [0.25, 0.3) is 20.1 Å². The number of para-hydroxylation sites is 1. The van der Waals surface area contributed by atoms with E-state index in [1.807, 2.05) is 30.3 Å². The number of aromatic nitrogens is 1. The average Bonchev–Trinajstić information content (AvgIpc) is 3.20. The molecule has 3 aromatic rings. The van der Waals surface area contributed by atoms with Crippen molar-refractivity contribution in [3.63, 3.8) is 0 Å². The lowest BCUT2D eigenvalue weighted by Gasteiger charge is -2.16. The summed E-state index contributed by atoms with van der Waals surface area (Å²) < 4.78 is 6.34. The van der Waals surface area contributed by atoms with Gasteiger partial charge in [0.15, 0.2) is 6.10 Å². The highest BCUT2D eigenvalue weighted by atomic mass is 32.1. The van der Waals surface area contributed by atoms with Crippen molar-refractivity contribution in [2.75, 3.05) is 14.1 Å². The first-order valence-corrected chi connectivity index (χ1v) is 8.97. The summed E-state index contributed by atoms with van der Waals surface area (Å²) in [4.78, 5) is 31.3. The molecule has 0 saturated carbocycles. The maximum Gasteiger partial charge on any atom is 0.349 e. The standard InChI is InChI=1S/C17H16N2O3S2/c1-10(16(20)19(2)3)22-17(21)14-9-8-13(23-14)15-18-11-6-4-5-7-12(11)24-15/h4-10H,1-3H3/t10-/m1/s1. The summed E-state index contributed by atoms with van der Waals surface area (Å²) in [6, 6.07) is 11.5.